The van der Waals surface area contributed by atoms with E-state index in [-0.39, 0.29) is 18.0 Å². The molecule has 0 unspecified atom stereocenters. The third-order valence-corrected chi connectivity index (χ3v) is 0.937. The van der Waals surface area contributed by atoms with E-state index in [1.165, 1.54) is 0 Å². The molecule has 0 aliphatic carbocycles. The molecule has 0 radical (unpaired) electrons. The molecule has 0 aromatic heterocycles. The Morgan fingerprint density at radius 3 is 1.15 bits per heavy atom. The lowest BCUT2D eigenvalue weighted by atomic mass is 10.4. The summed E-state index contributed by atoms with van der Waals surface area (Å²) in [7, 11) is 0. The number of nitrogens with zero attached hydrogens (tertiary/aromatic N) is 2. The van der Waals surface area contributed by atoms with E-state index in [0.717, 1.165) is 0 Å². The second-order valence-corrected chi connectivity index (χ2v) is 1.86. The van der Waals surface area contributed by atoms with Crippen molar-refractivity contribution in [2.45, 2.75) is 0 Å². The van der Waals surface area contributed by atoms with E-state index >= 15 is 0 Å². The van der Waals surface area contributed by atoms with Gasteiger partial charge < -0.3 is 0 Å². The maximum absolute atomic E-state index is 7.76. The lowest BCUT2D eigenvalue weighted by Crippen LogP contribution is -1.58. The van der Waals surface area contributed by atoms with Crippen molar-refractivity contribution in [3.05, 3.63) is 48.6 Å². The smallest absolute Gasteiger partial charge is 0.122 e. The molecule has 0 saturated heterocycles. The summed E-state index contributed by atoms with van der Waals surface area (Å²) in [6.45, 7) is 3.07. The topological polar surface area (TPSA) is 47.6 Å². The van der Waals surface area contributed by atoms with Crippen LogP contribution in [-0.4, -0.2) is 0 Å². The van der Waals surface area contributed by atoms with Gasteiger partial charge in [-0.2, -0.15) is 10.5 Å². The highest BCUT2D eigenvalue weighted by molar-refractivity contribution is 5.85. The van der Waals surface area contributed by atoms with Crippen LogP contribution in [0.1, 0.15) is 0 Å². The van der Waals surface area contributed by atoms with Gasteiger partial charge in [-0.25, -0.2) is 0 Å². The molecular formula is C10H9ClN2. The molecular weight excluding hydrogens is 184 g/mol. The van der Waals surface area contributed by atoms with Crippen molar-refractivity contribution in [3.63, 3.8) is 0 Å². The van der Waals surface area contributed by atoms with E-state index in [1.807, 2.05) is 36.4 Å². The first-order valence-electron chi connectivity index (χ1n) is 3.30. The normalized spacial score (nSPS) is 6.00. The Kier molecular flexibility index (Phi) is 10.9. The summed E-state index contributed by atoms with van der Waals surface area (Å²) in [4.78, 5) is 0. The lowest BCUT2D eigenvalue weighted by molar-refractivity contribution is 1.47. The first-order valence-corrected chi connectivity index (χ1v) is 3.30. The Bertz CT molecular complexity index is 263. The molecule has 0 atom stereocenters. The van der Waals surface area contributed by atoms with Gasteiger partial charge in [0.2, 0.25) is 0 Å². The molecule has 66 valence electrons. The number of nitriles is 2. The van der Waals surface area contributed by atoms with Gasteiger partial charge in [0.25, 0.3) is 0 Å². The van der Waals surface area contributed by atoms with E-state index in [9.17, 15) is 0 Å². The molecule has 2 nitrogen and oxygen atoms in total. The molecule has 0 aliphatic heterocycles. The van der Waals surface area contributed by atoms with Crippen LogP contribution < -0.4 is 0 Å². The van der Waals surface area contributed by atoms with Crippen molar-refractivity contribution in [3.8, 4) is 12.1 Å². The Morgan fingerprint density at radius 1 is 0.846 bits per heavy atom. The van der Waals surface area contributed by atoms with E-state index in [4.69, 9.17) is 10.5 Å². The summed E-state index contributed by atoms with van der Waals surface area (Å²) in [5, 5.41) is 15.5. The zero-order valence-corrected chi connectivity index (χ0v) is 7.79. The molecule has 1 aromatic carbocycles. The third-order valence-electron chi connectivity index (χ3n) is 0.937. The van der Waals surface area contributed by atoms with Crippen molar-refractivity contribution < 1.29 is 0 Å². The van der Waals surface area contributed by atoms with Crippen LogP contribution in [0.4, 0.5) is 0 Å². The fourth-order valence-corrected chi connectivity index (χ4v) is 0.410. The second-order valence-electron chi connectivity index (χ2n) is 1.86. The maximum atomic E-state index is 7.76. The fraction of sp³-hybridized carbons (Fsp3) is 0. The molecule has 1 rings (SSSR count). The first kappa shape index (κ1) is 13.8. The minimum atomic E-state index is -0.0463. The summed E-state index contributed by atoms with van der Waals surface area (Å²) >= 11 is 0. The number of hydrogen-bond acceptors (Lipinski definition) is 2. The minimum absolute atomic E-state index is 0. The Balaban J connectivity index is 0. The molecule has 0 heterocycles. The maximum Gasteiger partial charge on any atom is 0.122 e. The molecule has 0 spiro atoms. The average molecular weight is 193 g/mol. The highest BCUT2D eigenvalue weighted by Crippen LogP contribution is 1.79. The van der Waals surface area contributed by atoms with Crippen LogP contribution in [0.5, 0.6) is 0 Å². The number of allylic oxidation sites excluding steroid dienone is 1. The van der Waals surface area contributed by atoms with E-state index in [1.54, 1.807) is 12.1 Å². The number of halogens is 1. The molecule has 1 aromatic rings. The van der Waals surface area contributed by atoms with Gasteiger partial charge in [0, 0.05) is 0 Å². The predicted molar refractivity (Wildman–Crippen MR) is 54.1 cm³/mol. The average Bonchev–Trinajstić information content (AvgIpc) is 2.20. The minimum Gasteiger partial charge on any atom is -0.192 e. The number of rotatable bonds is 0. The Morgan fingerprint density at radius 2 is 1.08 bits per heavy atom. The van der Waals surface area contributed by atoms with Crippen molar-refractivity contribution >= 4 is 12.4 Å². The highest BCUT2D eigenvalue weighted by atomic mass is 35.5. The monoisotopic (exact) mass is 192 g/mol. The molecule has 0 bridgehead atoms. The van der Waals surface area contributed by atoms with E-state index in [2.05, 4.69) is 6.58 Å². The number of hydrogen-bond donors (Lipinski definition) is 0. The van der Waals surface area contributed by atoms with Crippen molar-refractivity contribution in [2.24, 2.45) is 0 Å². The second kappa shape index (κ2) is 10.2. The quantitative estimate of drug-likeness (QED) is 0.594. The van der Waals surface area contributed by atoms with Gasteiger partial charge in [-0.1, -0.05) is 43.0 Å². The third kappa shape index (κ3) is 10.2. The summed E-state index contributed by atoms with van der Waals surface area (Å²) in [5.74, 6) is 0. The predicted octanol–water partition coefficient (Wildman–Crippen LogP) is 2.70. The molecule has 0 fully saturated rings. The van der Waals surface area contributed by atoms with Crippen LogP contribution in [0.25, 0.3) is 0 Å². The van der Waals surface area contributed by atoms with Gasteiger partial charge in [0.05, 0.1) is 0 Å². The Hall–Kier alpha value is -1.77. The van der Waals surface area contributed by atoms with Crippen molar-refractivity contribution in [1.82, 2.24) is 0 Å². The van der Waals surface area contributed by atoms with Gasteiger partial charge >= 0.3 is 0 Å². The van der Waals surface area contributed by atoms with E-state index in [0.29, 0.717) is 0 Å². The largest absolute Gasteiger partial charge is 0.192 e. The molecule has 0 amide bonds. The molecule has 13 heavy (non-hydrogen) atoms. The summed E-state index contributed by atoms with van der Waals surface area (Å²) in [6, 6.07) is 15.1. The van der Waals surface area contributed by atoms with Gasteiger partial charge in [0.15, 0.2) is 0 Å². The van der Waals surface area contributed by atoms with Crippen LogP contribution in [-0.2, 0) is 0 Å². The zero-order chi connectivity index (χ0) is 9.23. The highest BCUT2D eigenvalue weighted by Gasteiger charge is 1.76. The van der Waals surface area contributed by atoms with E-state index < -0.39 is 0 Å². The fourth-order valence-electron chi connectivity index (χ4n) is 0.410. The van der Waals surface area contributed by atoms with Crippen LogP contribution in [0.2, 0.25) is 0 Å². The summed E-state index contributed by atoms with van der Waals surface area (Å²) in [6.07, 6.45) is 0. The van der Waals surface area contributed by atoms with Crippen LogP contribution in [0.15, 0.2) is 48.6 Å². The van der Waals surface area contributed by atoms with Gasteiger partial charge in [0.1, 0.15) is 17.7 Å². The molecule has 3 heteroatoms. The Labute approximate surface area is 84.1 Å². The first-order chi connectivity index (χ1) is 5.81. The zero-order valence-electron chi connectivity index (χ0n) is 6.97. The molecule has 0 N–H and O–H groups in total. The van der Waals surface area contributed by atoms with Crippen LogP contribution >= 0.6 is 12.4 Å². The SMILES string of the molecule is C=C(C#N)C#N.Cl.c1ccccc1. The lowest BCUT2D eigenvalue weighted by Gasteiger charge is -1.69. The van der Waals surface area contributed by atoms with Crippen molar-refractivity contribution in [2.75, 3.05) is 0 Å². The van der Waals surface area contributed by atoms with Crippen LogP contribution in [0, 0.1) is 22.7 Å². The summed E-state index contributed by atoms with van der Waals surface area (Å²) in [5.41, 5.74) is -0.0463. The van der Waals surface area contributed by atoms with Gasteiger partial charge in [-0.3, -0.25) is 0 Å². The number of benzene rings is 1. The summed E-state index contributed by atoms with van der Waals surface area (Å²) < 4.78 is 0. The van der Waals surface area contributed by atoms with Crippen LogP contribution in [0.3, 0.4) is 0 Å². The molecule has 0 aliphatic rings. The van der Waals surface area contributed by atoms with Gasteiger partial charge in [-0.15, -0.1) is 12.4 Å². The molecule has 0 saturated carbocycles. The standard InChI is InChI=1S/C6H6.C4H2N2.ClH/c1-2-4-6-5-3-1;1-4(2-5)3-6;/h1-6H;1H2;1H. The van der Waals surface area contributed by atoms with Gasteiger partial charge in [-0.05, 0) is 0 Å². The van der Waals surface area contributed by atoms with Crippen molar-refractivity contribution in [1.29, 1.82) is 10.5 Å².